The van der Waals surface area contributed by atoms with Crippen molar-refractivity contribution in [3.63, 3.8) is 0 Å². The van der Waals surface area contributed by atoms with E-state index in [0.29, 0.717) is 18.5 Å². The third-order valence-corrected chi connectivity index (χ3v) is 4.40. The lowest BCUT2D eigenvalue weighted by Crippen LogP contribution is -2.37. The number of nitrogens with zero attached hydrogens (tertiary/aromatic N) is 2. The molecular weight excluding hydrogens is 350 g/mol. The summed E-state index contributed by atoms with van der Waals surface area (Å²) < 4.78 is 10.3. The van der Waals surface area contributed by atoms with Crippen molar-refractivity contribution in [3.05, 3.63) is 35.4 Å². The highest BCUT2D eigenvalue weighted by molar-refractivity contribution is 5.97. The second-order valence-corrected chi connectivity index (χ2v) is 7.64. The molecule has 0 radical (unpaired) electrons. The summed E-state index contributed by atoms with van der Waals surface area (Å²) in [5.74, 6) is -0.300. The summed E-state index contributed by atoms with van der Waals surface area (Å²) in [6.07, 6.45) is 0.451. The van der Waals surface area contributed by atoms with Gasteiger partial charge in [0, 0.05) is 12.1 Å². The molecule has 1 aliphatic rings. The van der Waals surface area contributed by atoms with Crippen LogP contribution in [0.3, 0.4) is 0 Å². The number of carbonyl (C=O) groups is 2. The van der Waals surface area contributed by atoms with Crippen LogP contribution in [0.15, 0.2) is 29.4 Å². The van der Waals surface area contributed by atoms with E-state index < -0.39 is 11.7 Å². The smallest absolute Gasteiger partial charge is 0.410 e. The summed E-state index contributed by atoms with van der Waals surface area (Å²) >= 11 is 0. The van der Waals surface area contributed by atoms with Crippen molar-refractivity contribution in [1.82, 2.24) is 4.90 Å². The molecule has 148 valence electrons. The molecular formula is C19H27N3O5. The Bertz CT molecular complexity index is 709. The fourth-order valence-corrected chi connectivity index (χ4v) is 3.16. The molecule has 27 heavy (non-hydrogen) atoms. The zero-order valence-electron chi connectivity index (χ0n) is 16.1. The van der Waals surface area contributed by atoms with Crippen molar-refractivity contribution in [2.75, 3.05) is 13.7 Å². The number of nitrogens with two attached hydrogens (primary N) is 1. The first-order valence-corrected chi connectivity index (χ1v) is 8.79. The van der Waals surface area contributed by atoms with Gasteiger partial charge in [-0.2, -0.15) is 0 Å². The molecule has 2 atom stereocenters. The maximum absolute atomic E-state index is 12.7. The van der Waals surface area contributed by atoms with Crippen molar-refractivity contribution in [2.45, 2.75) is 45.3 Å². The Labute approximate surface area is 158 Å². The number of carbonyl (C=O) groups excluding carboxylic acids is 2. The molecule has 1 aromatic rings. The Morgan fingerprint density at radius 1 is 1.30 bits per heavy atom. The van der Waals surface area contributed by atoms with Gasteiger partial charge in [-0.1, -0.05) is 29.4 Å². The van der Waals surface area contributed by atoms with E-state index in [2.05, 4.69) is 5.16 Å². The molecule has 0 aliphatic carbocycles. The minimum Gasteiger partial charge on any atom is -0.469 e. The van der Waals surface area contributed by atoms with Gasteiger partial charge < -0.3 is 25.3 Å². The largest absolute Gasteiger partial charge is 0.469 e. The molecule has 1 fully saturated rings. The lowest BCUT2D eigenvalue weighted by atomic mass is 9.97. The van der Waals surface area contributed by atoms with Crippen LogP contribution in [0.2, 0.25) is 0 Å². The second-order valence-electron chi connectivity index (χ2n) is 7.64. The Hall–Kier alpha value is -2.77. The maximum Gasteiger partial charge on any atom is 0.410 e. The van der Waals surface area contributed by atoms with E-state index in [0.717, 1.165) is 5.56 Å². The minimum absolute atomic E-state index is 0.0144. The normalized spacial score (nSPS) is 20.4. The Kier molecular flexibility index (Phi) is 6.30. The van der Waals surface area contributed by atoms with Gasteiger partial charge in [0.2, 0.25) is 0 Å². The molecule has 8 heteroatoms. The SMILES string of the molecule is COC(=O)C[C@@H]1C[C@@H](c2ccc(C(N)=NO)cc2)N(C(=O)OC(C)(C)C)C1. The van der Waals surface area contributed by atoms with Gasteiger partial charge in [0.1, 0.15) is 5.60 Å². The van der Waals surface area contributed by atoms with Crippen LogP contribution < -0.4 is 5.73 Å². The summed E-state index contributed by atoms with van der Waals surface area (Å²) in [6, 6.07) is 6.89. The lowest BCUT2D eigenvalue weighted by molar-refractivity contribution is -0.141. The number of amidine groups is 1. The third-order valence-electron chi connectivity index (χ3n) is 4.40. The molecule has 1 amide bonds. The van der Waals surface area contributed by atoms with Crippen molar-refractivity contribution in [1.29, 1.82) is 0 Å². The van der Waals surface area contributed by atoms with Crippen molar-refractivity contribution in [3.8, 4) is 0 Å². The summed E-state index contributed by atoms with van der Waals surface area (Å²) in [5.41, 5.74) is 6.46. The summed E-state index contributed by atoms with van der Waals surface area (Å²) in [5, 5.41) is 11.8. The fourth-order valence-electron chi connectivity index (χ4n) is 3.16. The molecule has 0 aromatic heterocycles. The number of likely N-dealkylation sites (tertiary alicyclic amines) is 1. The Balaban J connectivity index is 2.25. The Morgan fingerprint density at radius 2 is 1.93 bits per heavy atom. The summed E-state index contributed by atoms with van der Waals surface area (Å²) in [4.78, 5) is 26.0. The predicted octanol–water partition coefficient (Wildman–Crippen LogP) is 2.64. The number of hydrogen-bond acceptors (Lipinski definition) is 6. The van der Waals surface area contributed by atoms with Crippen molar-refractivity contribution in [2.24, 2.45) is 16.8 Å². The van der Waals surface area contributed by atoms with E-state index in [1.54, 1.807) is 17.0 Å². The highest BCUT2D eigenvalue weighted by atomic mass is 16.6. The van der Waals surface area contributed by atoms with Gasteiger partial charge in [-0.05, 0) is 38.7 Å². The molecule has 2 rings (SSSR count). The number of hydrogen-bond donors (Lipinski definition) is 2. The number of methoxy groups -OCH3 is 1. The molecule has 1 heterocycles. The highest BCUT2D eigenvalue weighted by Crippen LogP contribution is 2.38. The van der Waals surface area contributed by atoms with E-state index in [4.69, 9.17) is 20.4 Å². The number of esters is 1. The van der Waals surface area contributed by atoms with Crippen molar-refractivity contribution < 1.29 is 24.3 Å². The molecule has 3 N–H and O–H groups in total. The average Bonchev–Trinajstić information content (AvgIpc) is 3.03. The fraction of sp³-hybridized carbons (Fsp3) is 0.526. The van der Waals surface area contributed by atoms with Gasteiger partial charge in [-0.15, -0.1) is 0 Å². The van der Waals surface area contributed by atoms with Gasteiger partial charge in [0.25, 0.3) is 0 Å². The van der Waals surface area contributed by atoms with Gasteiger partial charge in [-0.3, -0.25) is 4.79 Å². The predicted molar refractivity (Wildman–Crippen MR) is 99.4 cm³/mol. The molecule has 0 spiro atoms. The zero-order chi connectivity index (χ0) is 20.2. The van der Waals surface area contributed by atoms with Crippen LogP contribution in [0.4, 0.5) is 4.79 Å². The summed E-state index contributed by atoms with van der Waals surface area (Å²) in [7, 11) is 1.35. The third kappa shape index (κ3) is 5.35. The molecule has 0 bridgehead atoms. The van der Waals surface area contributed by atoms with Crippen LogP contribution in [0.1, 0.15) is 50.8 Å². The molecule has 1 aromatic carbocycles. The van der Waals surface area contributed by atoms with E-state index >= 15 is 0 Å². The average molecular weight is 377 g/mol. The number of oxime groups is 1. The van der Waals surface area contributed by atoms with Crippen LogP contribution in [0.5, 0.6) is 0 Å². The second kappa shape index (κ2) is 8.28. The minimum atomic E-state index is -0.613. The zero-order valence-corrected chi connectivity index (χ0v) is 16.1. The number of amides is 1. The van der Waals surface area contributed by atoms with Gasteiger partial charge >= 0.3 is 12.1 Å². The Morgan fingerprint density at radius 3 is 2.44 bits per heavy atom. The van der Waals surface area contributed by atoms with Gasteiger partial charge in [0.05, 0.1) is 19.6 Å². The van der Waals surface area contributed by atoms with Crippen LogP contribution in [0, 0.1) is 5.92 Å². The van der Waals surface area contributed by atoms with E-state index in [1.165, 1.54) is 7.11 Å². The molecule has 8 nitrogen and oxygen atoms in total. The van der Waals surface area contributed by atoms with Crippen LogP contribution in [0.25, 0.3) is 0 Å². The van der Waals surface area contributed by atoms with E-state index in [1.807, 2.05) is 32.9 Å². The standard InChI is InChI=1S/C19H27N3O5/c1-19(2,3)27-18(24)22-11-12(10-16(23)26-4)9-15(22)13-5-7-14(8-6-13)17(20)21-25/h5-8,12,15,25H,9-11H2,1-4H3,(H2,20,21)/t12-,15-/m0/s1. The van der Waals surface area contributed by atoms with Crippen LogP contribution >= 0.6 is 0 Å². The summed E-state index contributed by atoms with van der Waals surface area (Å²) in [6.45, 7) is 5.85. The quantitative estimate of drug-likeness (QED) is 0.274. The van der Waals surface area contributed by atoms with Crippen LogP contribution in [-0.4, -0.2) is 47.3 Å². The first-order valence-electron chi connectivity index (χ1n) is 8.79. The first-order chi connectivity index (χ1) is 12.6. The highest BCUT2D eigenvalue weighted by Gasteiger charge is 2.39. The van der Waals surface area contributed by atoms with Gasteiger partial charge in [0.15, 0.2) is 5.84 Å². The monoisotopic (exact) mass is 377 g/mol. The molecule has 0 saturated carbocycles. The number of rotatable bonds is 4. The van der Waals surface area contributed by atoms with E-state index in [9.17, 15) is 9.59 Å². The van der Waals surface area contributed by atoms with E-state index in [-0.39, 0.29) is 30.2 Å². The maximum atomic E-state index is 12.7. The molecule has 1 saturated heterocycles. The molecule has 0 unspecified atom stereocenters. The van der Waals surface area contributed by atoms with Crippen LogP contribution in [-0.2, 0) is 14.3 Å². The number of ether oxygens (including phenoxy) is 2. The first kappa shape index (κ1) is 20.5. The topological polar surface area (TPSA) is 114 Å². The number of benzene rings is 1. The molecule has 1 aliphatic heterocycles. The van der Waals surface area contributed by atoms with Crippen molar-refractivity contribution >= 4 is 17.9 Å². The van der Waals surface area contributed by atoms with Gasteiger partial charge in [-0.25, -0.2) is 4.79 Å². The lowest BCUT2D eigenvalue weighted by Gasteiger charge is -2.29.